The molecule has 0 atom stereocenters. The summed E-state index contributed by atoms with van der Waals surface area (Å²) < 4.78 is 24.6. The molecular formula is C9H11F2N. The molecule has 0 aliphatic heterocycles. The van der Waals surface area contributed by atoms with Gasteiger partial charge in [0, 0.05) is 12.2 Å². The van der Waals surface area contributed by atoms with Crippen LogP contribution in [0, 0.1) is 12.7 Å². The Balaban J connectivity index is 2.69. The molecule has 0 spiro atoms. The average Bonchev–Trinajstić information content (AvgIpc) is 2.07. The number of aryl methyl sites for hydroxylation is 1. The van der Waals surface area contributed by atoms with Crippen LogP contribution in [0.3, 0.4) is 0 Å². The van der Waals surface area contributed by atoms with Crippen molar-refractivity contribution in [1.29, 1.82) is 0 Å². The van der Waals surface area contributed by atoms with E-state index in [9.17, 15) is 8.78 Å². The van der Waals surface area contributed by atoms with Crippen LogP contribution >= 0.6 is 0 Å². The first-order valence-corrected chi connectivity index (χ1v) is 3.80. The van der Waals surface area contributed by atoms with Crippen LogP contribution in [0.2, 0.25) is 0 Å². The SMILES string of the molecule is Cc1ccc(NCCF)cc1F. The Bertz CT molecular complexity index is 261. The van der Waals surface area contributed by atoms with E-state index in [1.807, 2.05) is 0 Å². The Morgan fingerprint density at radius 2 is 2.17 bits per heavy atom. The first kappa shape index (κ1) is 8.97. The lowest BCUT2D eigenvalue weighted by molar-refractivity contribution is 0.512. The summed E-state index contributed by atoms with van der Waals surface area (Å²) >= 11 is 0. The average molecular weight is 171 g/mol. The maximum atomic E-state index is 12.9. The Hall–Kier alpha value is -1.12. The zero-order valence-corrected chi connectivity index (χ0v) is 6.90. The second-order valence-electron chi connectivity index (χ2n) is 2.58. The topological polar surface area (TPSA) is 12.0 Å². The molecule has 0 radical (unpaired) electrons. The standard InChI is InChI=1S/C9H11F2N/c1-7-2-3-8(6-9(7)11)12-5-4-10/h2-3,6,12H,4-5H2,1H3. The van der Waals surface area contributed by atoms with E-state index in [1.54, 1.807) is 19.1 Å². The second kappa shape index (κ2) is 4.04. The molecule has 0 aliphatic rings. The molecule has 1 aromatic rings. The highest BCUT2D eigenvalue weighted by molar-refractivity contribution is 5.44. The minimum Gasteiger partial charge on any atom is -0.382 e. The highest BCUT2D eigenvalue weighted by Gasteiger charge is 1.97. The van der Waals surface area contributed by atoms with Gasteiger partial charge in [0.05, 0.1) is 0 Å². The third-order valence-electron chi connectivity index (χ3n) is 1.60. The van der Waals surface area contributed by atoms with E-state index in [0.29, 0.717) is 11.3 Å². The number of alkyl halides is 1. The molecule has 0 bridgehead atoms. The van der Waals surface area contributed by atoms with Crippen molar-refractivity contribution in [2.24, 2.45) is 0 Å². The molecule has 3 heteroatoms. The molecule has 0 amide bonds. The minimum absolute atomic E-state index is 0.225. The van der Waals surface area contributed by atoms with E-state index in [2.05, 4.69) is 5.32 Å². The van der Waals surface area contributed by atoms with Gasteiger partial charge in [-0.2, -0.15) is 0 Å². The predicted molar refractivity (Wildman–Crippen MR) is 45.6 cm³/mol. The zero-order valence-electron chi connectivity index (χ0n) is 6.90. The molecule has 1 rings (SSSR count). The molecule has 0 heterocycles. The van der Waals surface area contributed by atoms with Crippen LogP contribution in [-0.2, 0) is 0 Å². The van der Waals surface area contributed by atoms with Crippen LogP contribution in [0.5, 0.6) is 0 Å². The monoisotopic (exact) mass is 171 g/mol. The fourth-order valence-corrected chi connectivity index (χ4v) is 0.894. The Morgan fingerprint density at radius 3 is 2.75 bits per heavy atom. The second-order valence-corrected chi connectivity index (χ2v) is 2.58. The third kappa shape index (κ3) is 2.19. The molecule has 0 saturated heterocycles. The normalized spacial score (nSPS) is 9.92. The molecule has 66 valence electrons. The van der Waals surface area contributed by atoms with Gasteiger partial charge in [-0.05, 0) is 24.6 Å². The maximum Gasteiger partial charge on any atom is 0.128 e. The summed E-state index contributed by atoms with van der Waals surface area (Å²) in [5.74, 6) is -0.265. The van der Waals surface area contributed by atoms with Gasteiger partial charge < -0.3 is 5.32 Å². The number of halogens is 2. The summed E-state index contributed by atoms with van der Waals surface area (Å²) in [4.78, 5) is 0. The van der Waals surface area contributed by atoms with E-state index in [-0.39, 0.29) is 12.4 Å². The van der Waals surface area contributed by atoms with Gasteiger partial charge in [-0.15, -0.1) is 0 Å². The lowest BCUT2D eigenvalue weighted by atomic mass is 10.2. The van der Waals surface area contributed by atoms with Crippen molar-refractivity contribution in [2.45, 2.75) is 6.92 Å². The van der Waals surface area contributed by atoms with Gasteiger partial charge in [-0.3, -0.25) is 0 Å². The van der Waals surface area contributed by atoms with Crippen molar-refractivity contribution in [3.63, 3.8) is 0 Å². The summed E-state index contributed by atoms with van der Waals surface area (Å²) in [6.07, 6.45) is 0. The van der Waals surface area contributed by atoms with E-state index in [1.165, 1.54) is 6.07 Å². The molecule has 0 aliphatic carbocycles. The number of hydrogen-bond donors (Lipinski definition) is 1. The van der Waals surface area contributed by atoms with Gasteiger partial charge in [0.15, 0.2) is 0 Å². The predicted octanol–water partition coefficient (Wildman–Crippen LogP) is 2.52. The van der Waals surface area contributed by atoms with Crippen molar-refractivity contribution in [2.75, 3.05) is 18.5 Å². The van der Waals surface area contributed by atoms with Crippen molar-refractivity contribution in [3.05, 3.63) is 29.6 Å². The van der Waals surface area contributed by atoms with E-state index in [0.717, 1.165) is 0 Å². The maximum absolute atomic E-state index is 12.9. The molecule has 0 fully saturated rings. The van der Waals surface area contributed by atoms with Crippen LogP contribution in [0.4, 0.5) is 14.5 Å². The first-order chi connectivity index (χ1) is 5.74. The highest BCUT2D eigenvalue weighted by atomic mass is 19.1. The molecule has 0 unspecified atom stereocenters. The zero-order chi connectivity index (χ0) is 8.97. The van der Waals surface area contributed by atoms with Gasteiger partial charge in [0.25, 0.3) is 0 Å². The van der Waals surface area contributed by atoms with Crippen LogP contribution < -0.4 is 5.32 Å². The van der Waals surface area contributed by atoms with Gasteiger partial charge in [-0.25, -0.2) is 8.78 Å². The van der Waals surface area contributed by atoms with E-state index >= 15 is 0 Å². The summed E-state index contributed by atoms with van der Waals surface area (Å²) in [7, 11) is 0. The van der Waals surface area contributed by atoms with Crippen molar-refractivity contribution in [3.8, 4) is 0 Å². The lowest BCUT2D eigenvalue weighted by Gasteiger charge is -2.04. The number of benzene rings is 1. The summed E-state index contributed by atoms with van der Waals surface area (Å²) in [5.41, 5.74) is 1.22. The summed E-state index contributed by atoms with van der Waals surface area (Å²) in [6, 6.07) is 4.76. The number of nitrogens with one attached hydrogen (secondary N) is 1. The fourth-order valence-electron chi connectivity index (χ4n) is 0.894. The molecule has 1 nitrogen and oxygen atoms in total. The Labute approximate surface area is 70.4 Å². The van der Waals surface area contributed by atoms with Gasteiger partial charge >= 0.3 is 0 Å². The number of hydrogen-bond acceptors (Lipinski definition) is 1. The highest BCUT2D eigenvalue weighted by Crippen LogP contribution is 2.12. The molecule has 1 N–H and O–H groups in total. The minimum atomic E-state index is -0.449. The molecule has 12 heavy (non-hydrogen) atoms. The van der Waals surface area contributed by atoms with Gasteiger partial charge in [0.2, 0.25) is 0 Å². The van der Waals surface area contributed by atoms with Crippen LogP contribution in [0.1, 0.15) is 5.56 Å². The van der Waals surface area contributed by atoms with Crippen molar-refractivity contribution < 1.29 is 8.78 Å². The summed E-state index contributed by atoms with van der Waals surface area (Å²) in [5, 5.41) is 2.75. The molecule has 0 aromatic heterocycles. The Morgan fingerprint density at radius 1 is 1.42 bits per heavy atom. The van der Waals surface area contributed by atoms with Gasteiger partial charge in [0.1, 0.15) is 12.5 Å². The number of anilines is 1. The first-order valence-electron chi connectivity index (χ1n) is 3.80. The molecular weight excluding hydrogens is 160 g/mol. The Kier molecular flexibility index (Phi) is 3.02. The van der Waals surface area contributed by atoms with Crippen LogP contribution in [0.15, 0.2) is 18.2 Å². The van der Waals surface area contributed by atoms with Crippen LogP contribution in [-0.4, -0.2) is 13.2 Å². The van der Waals surface area contributed by atoms with Crippen molar-refractivity contribution >= 4 is 5.69 Å². The smallest absolute Gasteiger partial charge is 0.128 e. The molecule has 1 aromatic carbocycles. The van der Waals surface area contributed by atoms with Gasteiger partial charge in [-0.1, -0.05) is 6.07 Å². The fraction of sp³-hybridized carbons (Fsp3) is 0.333. The molecule has 0 saturated carbocycles. The third-order valence-corrected chi connectivity index (χ3v) is 1.60. The quantitative estimate of drug-likeness (QED) is 0.736. The van der Waals surface area contributed by atoms with Crippen LogP contribution in [0.25, 0.3) is 0 Å². The largest absolute Gasteiger partial charge is 0.382 e. The van der Waals surface area contributed by atoms with E-state index < -0.39 is 6.67 Å². The summed E-state index contributed by atoms with van der Waals surface area (Å²) in [6.45, 7) is 1.46. The van der Waals surface area contributed by atoms with E-state index in [4.69, 9.17) is 0 Å². The number of rotatable bonds is 3. The lowest BCUT2D eigenvalue weighted by Crippen LogP contribution is -2.03. The van der Waals surface area contributed by atoms with Crippen molar-refractivity contribution in [1.82, 2.24) is 0 Å².